The van der Waals surface area contributed by atoms with Gasteiger partial charge in [-0.15, -0.1) is 0 Å². The van der Waals surface area contributed by atoms with Gasteiger partial charge in [0.15, 0.2) is 0 Å². The molecule has 0 aliphatic rings. The quantitative estimate of drug-likeness (QED) is 0.507. The molecule has 0 radical (unpaired) electrons. The molecule has 0 spiro atoms. The zero-order valence-corrected chi connectivity index (χ0v) is 8.89. The monoisotopic (exact) mass is 184 g/mol. The summed E-state index contributed by atoms with van der Waals surface area (Å²) in [6, 6.07) is 0. The van der Waals surface area contributed by atoms with Gasteiger partial charge in [-0.1, -0.05) is 31.8 Å². The van der Waals surface area contributed by atoms with E-state index in [0.29, 0.717) is 5.57 Å². The lowest BCUT2D eigenvalue weighted by Crippen LogP contribution is -1.99. The zero-order chi connectivity index (χ0) is 10.3. The summed E-state index contributed by atoms with van der Waals surface area (Å²) in [5, 5.41) is 8.70. The third kappa shape index (κ3) is 5.45. The van der Waals surface area contributed by atoms with Gasteiger partial charge >= 0.3 is 5.97 Å². The van der Waals surface area contributed by atoms with Gasteiger partial charge in [0.25, 0.3) is 0 Å². The van der Waals surface area contributed by atoms with Crippen LogP contribution in [0.25, 0.3) is 0 Å². The first-order valence-electron chi connectivity index (χ1n) is 4.99. The van der Waals surface area contributed by atoms with Crippen molar-refractivity contribution in [3.8, 4) is 0 Å². The van der Waals surface area contributed by atoms with E-state index in [4.69, 9.17) is 5.11 Å². The summed E-state index contributed by atoms with van der Waals surface area (Å²) in [6.45, 7) is 5.76. The lowest BCUT2D eigenvalue weighted by Gasteiger charge is -2.03. The fourth-order valence-electron chi connectivity index (χ4n) is 1.19. The largest absolute Gasteiger partial charge is 0.478 e. The SMILES string of the molecule is CCCCCCC(C)=C(C)C(=O)O. The van der Waals surface area contributed by atoms with E-state index < -0.39 is 5.97 Å². The van der Waals surface area contributed by atoms with Gasteiger partial charge in [-0.2, -0.15) is 0 Å². The normalized spacial score (nSPS) is 12.5. The molecule has 0 rings (SSSR count). The van der Waals surface area contributed by atoms with Crippen LogP contribution in [-0.2, 0) is 4.79 Å². The van der Waals surface area contributed by atoms with Crippen molar-refractivity contribution in [2.75, 3.05) is 0 Å². The highest BCUT2D eigenvalue weighted by atomic mass is 16.4. The molecule has 2 nitrogen and oxygen atoms in total. The molecule has 0 heterocycles. The van der Waals surface area contributed by atoms with Crippen LogP contribution in [0.15, 0.2) is 11.1 Å². The molecule has 0 amide bonds. The highest BCUT2D eigenvalue weighted by molar-refractivity contribution is 5.86. The van der Waals surface area contributed by atoms with E-state index in [1.807, 2.05) is 6.92 Å². The van der Waals surface area contributed by atoms with Crippen molar-refractivity contribution in [3.05, 3.63) is 11.1 Å². The van der Waals surface area contributed by atoms with E-state index in [1.54, 1.807) is 6.92 Å². The lowest BCUT2D eigenvalue weighted by molar-refractivity contribution is -0.132. The van der Waals surface area contributed by atoms with E-state index in [2.05, 4.69) is 6.92 Å². The summed E-state index contributed by atoms with van der Waals surface area (Å²) in [5.74, 6) is -0.784. The molecular formula is C11H20O2. The second-order valence-corrected chi connectivity index (χ2v) is 3.52. The molecule has 0 aromatic carbocycles. The molecule has 0 unspecified atom stereocenters. The minimum Gasteiger partial charge on any atom is -0.478 e. The molecule has 0 saturated carbocycles. The van der Waals surface area contributed by atoms with Gasteiger partial charge in [0, 0.05) is 5.57 Å². The van der Waals surface area contributed by atoms with E-state index >= 15 is 0 Å². The summed E-state index contributed by atoms with van der Waals surface area (Å²) in [7, 11) is 0. The number of aliphatic carboxylic acids is 1. The third-order valence-electron chi connectivity index (χ3n) is 2.37. The number of carbonyl (C=O) groups is 1. The van der Waals surface area contributed by atoms with Crippen molar-refractivity contribution >= 4 is 5.97 Å². The minimum atomic E-state index is -0.784. The Morgan fingerprint density at radius 3 is 2.23 bits per heavy atom. The first kappa shape index (κ1) is 12.2. The number of allylic oxidation sites excluding steroid dienone is 1. The maximum Gasteiger partial charge on any atom is 0.331 e. The highest BCUT2D eigenvalue weighted by Gasteiger charge is 2.04. The number of carboxylic acids is 1. The standard InChI is InChI=1S/C11H20O2/c1-4-5-6-7-8-9(2)10(3)11(12)13/h4-8H2,1-3H3,(H,12,13). The summed E-state index contributed by atoms with van der Waals surface area (Å²) in [6.07, 6.45) is 5.73. The van der Waals surface area contributed by atoms with Crippen molar-refractivity contribution in [3.63, 3.8) is 0 Å². The maximum absolute atomic E-state index is 10.6. The second kappa shape index (κ2) is 6.70. The van der Waals surface area contributed by atoms with Crippen LogP contribution in [0, 0.1) is 0 Å². The van der Waals surface area contributed by atoms with E-state index in [0.717, 1.165) is 18.4 Å². The van der Waals surface area contributed by atoms with Crippen molar-refractivity contribution in [2.24, 2.45) is 0 Å². The molecule has 0 saturated heterocycles. The van der Waals surface area contributed by atoms with Gasteiger partial charge in [-0.25, -0.2) is 4.79 Å². The van der Waals surface area contributed by atoms with Gasteiger partial charge in [0.2, 0.25) is 0 Å². The van der Waals surface area contributed by atoms with Crippen molar-refractivity contribution in [2.45, 2.75) is 52.9 Å². The average Bonchev–Trinajstić information content (AvgIpc) is 2.10. The van der Waals surface area contributed by atoms with Crippen LogP contribution >= 0.6 is 0 Å². The molecule has 0 aliphatic carbocycles. The molecule has 76 valence electrons. The third-order valence-corrected chi connectivity index (χ3v) is 2.37. The van der Waals surface area contributed by atoms with Crippen LogP contribution in [0.1, 0.15) is 52.9 Å². The lowest BCUT2D eigenvalue weighted by atomic mass is 10.0. The topological polar surface area (TPSA) is 37.3 Å². The summed E-state index contributed by atoms with van der Waals surface area (Å²) in [4.78, 5) is 10.6. The van der Waals surface area contributed by atoms with E-state index in [9.17, 15) is 4.79 Å². The molecule has 0 bridgehead atoms. The van der Waals surface area contributed by atoms with Gasteiger partial charge in [0.05, 0.1) is 0 Å². The molecule has 0 atom stereocenters. The minimum absolute atomic E-state index is 0.511. The maximum atomic E-state index is 10.6. The smallest absolute Gasteiger partial charge is 0.331 e. The van der Waals surface area contributed by atoms with Crippen molar-refractivity contribution in [1.82, 2.24) is 0 Å². The number of hydrogen-bond donors (Lipinski definition) is 1. The molecule has 0 aromatic heterocycles. The van der Waals surface area contributed by atoms with E-state index in [-0.39, 0.29) is 0 Å². The molecule has 0 aliphatic heterocycles. The van der Waals surface area contributed by atoms with Crippen LogP contribution in [-0.4, -0.2) is 11.1 Å². The van der Waals surface area contributed by atoms with Crippen LogP contribution in [0.4, 0.5) is 0 Å². The van der Waals surface area contributed by atoms with E-state index in [1.165, 1.54) is 19.3 Å². The fourth-order valence-corrected chi connectivity index (χ4v) is 1.19. The van der Waals surface area contributed by atoms with Crippen LogP contribution in [0.3, 0.4) is 0 Å². The van der Waals surface area contributed by atoms with Crippen LogP contribution in [0.2, 0.25) is 0 Å². The van der Waals surface area contributed by atoms with Gasteiger partial charge in [0.1, 0.15) is 0 Å². The Hall–Kier alpha value is -0.790. The second-order valence-electron chi connectivity index (χ2n) is 3.52. The predicted octanol–water partition coefficient (Wildman–Crippen LogP) is 3.38. The molecular weight excluding hydrogens is 164 g/mol. The Balaban J connectivity index is 3.79. The fraction of sp³-hybridized carbons (Fsp3) is 0.727. The molecule has 0 fully saturated rings. The summed E-state index contributed by atoms with van der Waals surface area (Å²) < 4.78 is 0. The Bertz CT molecular complexity index is 192. The van der Waals surface area contributed by atoms with Crippen molar-refractivity contribution in [1.29, 1.82) is 0 Å². The first-order valence-corrected chi connectivity index (χ1v) is 4.99. The Morgan fingerprint density at radius 1 is 1.15 bits per heavy atom. The number of carboxylic acid groups (broad SMARTS) is 1. The van der Waals surface area contributed by atoms with Crippen LogP contribution < -0.4 is 0 Å². The molecule has 0 aromatic rings. The average molecular weight is 184 g/mol. The first-order chi connectivity index (χ1) is 6.09. The Morgan fingerprint density at radius 2 is 1.77 bits per heavy atom. The van der Waals surface area contributed by atoms with Gasteiger partial charge in [-0.3, -0.25) is 0 Å². The molecule has 2 heteroatoms. The number of rotatable bonds is 6. The van der Waals surface area contributed by atoms with Crippen LogP contribution in [0.5, 0.6) is 0 Å². The number of hydrogen-bond acceptors (Lipinski definition) is 1. The zero-order valence-electron chi connectivity index (χ0n) is 8.89. The predicted molar refractivity (Wildman–Crippen MR) is 54.8 cm³/mol. The summed E-state index contributed by atoms with van der Waals surface area (Å²) >= 11 is 0. The molecule has 1 N–H and O–H groups in total. The Labute approximate surface area is 80.7 Å². The highest BCUT2D eigenvalue weighted by Crippen LogP contribution is 2.13. The molecule has 13 heavy (non-hydrogen) atoms. The Kier molecular flexibility index (Phi) is 6.29. The van der Waals surface area contributed by atoms with Gasteiger partial charge in [-0.05, 0) is 26.7 Å². The summed E-state index contributed by atoms with van der Waals surface area (Å²) in [5.41, 5.74) is 1.53. The number of unbranched alkanes of at least 4 members (excludes halogenated alkanes) is 3. The van der Waals surface area contributed by atoms with Gasteiger partial charge < -0.3 is 5.11 Å². The van der Waals surface area contributed by atoms with Crippen molar-refractivity contribution < 1.29 is 9.90 Å².